The maximum atomic E-state index is 12.7. The predicted octanol–water partition coefficient (Wildman–Crippen LogP) is 1.02. The first-order valence-electron chi connectivity index (χ1n) is 9.29. The van der Waals surface area contributed by atoms with E-state index >= 15 is 0 Å². The molecule has 146 valence electrons. The van der Waals surface area contributed by atoms with Gasteiger partial charge < -0.3 is 23.7 Å². The number of fused-ring (bicyclic) bond motifs is 1. The van der Waals surface area contributed by atoms with Gasteiger partial charge in [0.1, 0.15) is 12.2 Å². The average Bonchev–Trinajstić information content (AvgIpc) is 3.44. The van der Waals surface area contributed by atoms with Crippen molar-refractivity contribution in [1.29, 1.82) is 0 Å². The molecule has 28 heavy (non-hydrogen) atoms. The van der Waals surface area contributed by atoms with Crippen LogP contribution < -0.4 is 0 Å². The van der Waals surface area contributed by atoms with Gasteiger partial charge in [-0.2, -0.15) is 0 Å². The van der Waals surface area contributed by atoms with E-state index in [2.05, 4.69) is 25.3 Å². The van der Waals surface area contributed by atoms with Gasteiger partial charge in [0.25, 0.3) is 0 Å². The van der Waals surface area contributed by atoms with Crippen molar-refractivity contribution >= 4 is 5.91 Å². The molecule has 1 fully saturated rings. The molecule has 1 N–H and O–H groups in total. The summed E-state index contributed by atoms with van der Waals surface area (Å²) in [5.74, 6) is 2.06. The van der Waals surface area contributed by atoms with Crippen molar-refractivity contribution in [3.63, 3.8) is 0 Å². The van der Waals surface area contributed by atoms with E-state index in [9.17, 15) is 4.79 Å². The summed E-state index contributed by atoms with van der Waals surface area (Å²) in [5.41, 5.74) is 2.08. The summed E-state index contributed by atoms with van der Waals surface area (Å²) in [6.45, 7) is 5.94. The Balaban J connectivity index is 1.34. The fourth-order valence-electron chi connectivity index (χ4n) is 3.94. The second-order valence-corrected chi connectivity index (χ2v) is 7.55. The number of hydrogen-bond acceptors (Lipinski definition) is 7. The Bertz CT molecular complexity index is 1040. The molecule has 3 aromatic rings. The number of amides is 1. The maximum Gasteiger partial charge on any atom is 0.228 e. The largest absolute Gasteiger partial charge is 0.363 e. The molecule has 0 radical (unpaired) electrons. The summed E-state index contributed by atoms with van der Waals surface area (Å²) in [7, 11) is 0. The van der Waals surface area contributed by atoms with E-state index in [1.54, 1.807) is 6.33 Å². The number of aromatic amines is 1. The van der Waals surface area contributed by atoms with Crippen molar-refractivity contribution < 1.29 is 14.1 Å². The van der Waals surface area contributed by atoms with Crippen molar-refractivity contribution in [1.82, 2.24) is 34.8 Å². The van der Waals surface area contributed by atoms with Crippen LogP contribution in [0.25, 0.3) is 11.6 Å². The van der Waals surface area contributed by atoms with Gasteiger partial charge in [-0.15, -0.1) is 10.2 Å². The second-order valence-electron chi connectivity index (χ2n) is 7.55. The van der Waals surface area contributed by atoms with E-state index in [-0.39, 0.29) is 5.91 Å². The molecule has 1 atom stereocenters. The molecule has 2 aliphatic heterocycles. The van der Waals surface area contributed by atoms with Crippen LogP contribution in [-0.2, 0) is 29.1 Å². The zero-order valence-corrected chi connectivity index (χ0v) is 15.8. The van der Waals surface area contributed by atoms with Crippen LogP contribution >= 0.6 is 0 Å². The topological polar surface area (TPSA) is 115 Å². The molecule has 1 saturated heterocycles. The van der Waals surface area contributed by atoms with E-state index in [0.717, 1.165) is 29.3 Å². The molecule has 0 aromatic carbocycles. The number of carbonyl (C=O) groups excluding carboxylic acids is 1. The van der Waals surface area contributed by atoms with Crippen LogP contribution in [0, 0.1) is 13.8 Å². The molecule has 10 nitrogen and oxygen atoms in total. The molecule has 1 spiro atoms. The molecule has 2 aliphatic rings. The summed E-state index contributed by atoms with van der Waals surface area (Å²) in [6.07, 6.45) is 2.69. The normalized spacial score (nSPS) is 21.4. The highest BCUT2D eigenvalue weighted by Gasteiger charge is 2.45. The van der Waals surface area contributed by atoms with Crippen LogP contribution in [0.1, 0.15) is 29.3 Å². The number of nitrogens with zero attached hydrogens (tertiary/aromatic N) is 6. The molecule has 3 aromatic heterocycles. The lowest BCUT2D eigenvalue weighted by molar-refractivity contribution is -0.132. The summed E-state index contributed by atoms with van der Waals surface area (Å²) < 4.78 is 13.6. The highest BCUT2D eigenvalue weighted by Crippen LogP contribution is 2.34. The first-order valence-corrected chi connectivity index (χ1v) is 9.29. The van der Waals surface area contributed by atoms with Gasteiger partial charge in [-0.1, -0.05) is 5.16 Å². The van der Waals surface area contributed by atoms with Crippen LogP contribution in [0.15, 0.2) is 16.9 Å². The molecule has 5 heterocycles. The third kappa shape index (κ3) is 2.80. The fraction of sp³-hybridized carbons (Fsp3) is 0.500. The van der Waals surface area contributed by atoms with E-state index in [1.165, 1.54) is 0 Å². The molecule has 1 unspecified atom stereocenters. The minimum absolute atomic E-state index is 0.0660. The quantitative estimate of drug-likeness (QED) is 0.718. The molecular formula is C18H21N7O3. The minimum atomic E-state index is -0.435. The van der Waals surface area contributed by atoms with Crippen LogP contribution in [0.5, 0.6) is 0 Å². The molecule has 5 rings (SSSR count). The van der Waals surface area contributed by atoms with E-state index in [1.807, 2.05) is 29.4 Å². The van der Waals surface area contributed by atoms with Crippen LogP contribution in [0.2, 0.25) is 0 Å². The molecule has 0 bridgehead atoms. The molecule has 0 aliphatic carbocycles. The molecular weight excluding hydrogens is 362 g/mol. The number of nitrogens with one attached hydrogen (secondary N) is 1. The summed E-state index contributed by atoms with van der Waals surface area (Å²) in [5, 5.41) is 12.4. The van der Waals surface area contributed by atoms with Gasteiger partial charge in [0, 0.05) is 18.3 Å². The van der Waals surface area contributed by atoms with Gasteiger partial charge in [-0.05, 0) is 20.3 Å². The van der Waals surface area contributed by atoms with Gasteiger partial charge in [-0.3, -0.25) is 4.79 Å². The molecule has 10 heteroatoms. The summed E-state index contributed by atoms with van der Waals surface area (Å²) in [4.78, 5) is 21.8. The first-order chi connectivity index (χ1) is 13.5. The number of imidazole rings is 1. The number of aromatic nitrogens is 6. The minimum Gasteiger partial charge on any atom is -0.363 e. The van der Waals surface area contributed by atoms with E-state index in [4.69, 9.17) is 9.26 Å². The standard InChI is InChI=1S/C18H21N7O3/c1-11-5-14(28-23-11)17-22-21-15-7-27-18(9-25(15)17)3-4-24(8-18)16(26)6-13-12(2)19-10-20-13/h5,10H,3-4,6-9H2,1-2H3,(H,19,20). The van der Waals surface area contributed by atoms with Crippen molar-refractivity contribution in [3.05, 3.63) is 35.3 Å². The van der Waals surface area contributed by atoms with Crippen molar-refractivity contribution in [2.75, 3.05) is 13.1 Å². The Hall–Kier alpha value is -3.01. The monoisotopic (exact) mass is 383 g/mol. The van der Waals surface area contributed by atoms with Crippen molar-refractivity contribution in [2.45, 2.75) is 45.4 Å². The van der Waals surface area contributed by atoms with Gasteiger partial charge in [0.05, 0.1) is 37.2 Å². The lowest BCUT2D eigenvalue weighted by atomic mass is 10.0. The third-order valence-corrected chi connectivity index (χ3v) is 5.55. The Morgan fingerprint density at radius 1 is 1.32 bits per heavy atom. The van der Waals surface area contributed by atoms with Crippen LogP contribution in [0.3, 0.4) is 0 Å². The number of rotatable bonds is 3. The average molecular weight is 383 g/mol. The zero-order valence-electron chi connectivity index (χ0n) is 15.8. The summed E-state index contributed by atoms with van der Waals surface area (Å²) >= 11 is 0. The van der Waals surface area contributed by atoms with Crippen LogP contribution in [-0.4, -0.2) is 59.4 Å². The van der Waals surface area contributed by atoms with Gasteiger partial charge >= 0.3 is 0 Å². The number of ether oxygens (including phenoxy) is 1. The van der Waals surface area contributed by atoms with E-state index < -0.39 is 5.60 Å². The maximum absolute atomic E-state index is 12.7. The van der Waals surface area contributed by atoms with Crippen LogP contribution in [0.4, 0.5) is 0 Å². The highest BCUT2D eigenvalue weighted by molar-refractivity contribution is 5.79. The zero-order chi connectivity index (χ0) is 19.3. The second kappa shape index (κ2) is 6.26. The molecule has 0 saturated carbocycles. The lowest BCUT2D eigenvalue weighted by Crippen LogP contribution is -2.45. The number of H-pyrrole nitrogens is 1. The van der Waals surface area contributed by atoms with Gasteiger partial charge in [-0.25, -0.2) is 4.98 Å². The Kier molecular flexibility index (Phi) is 3.83. The number of carbonyl (C=O) groups is 1. The van der Waals surface area contributed by atoms with E-state index in [0.29, 0.717) is 44.2 Å². The highest BCUT2D eigenvalue weighted by atomic mass is 16.5. The molecule has 1 amide bonds. The predicted molar refractivity (Wildman–Crippen MR) is 96.0 cm³/mol. The fourth-order valence-corrected chi connectivity index (χ4v) is 3.94. The van der Waals surface area contributed by atoms with Crippen molar-refractivity contribution in [3.8, 4) is 11.6 Å². The number of hydrogen-bond donors (Lipinski definition) is 1. The van der Waals surface area contributed by atoms with Gasteiger partial charge in [0.2, 0.25) is 17.5 Å². The van der Waals surface area contributed by atoms with Gasteiger partial charge in [0.15, 0.2) is 5.82 Å². The lowest BCUT2D eigenvalue weighted by Gasteiger charge is -2.34. The summed E-state index contributed by atoms with van der Waals surface area (Å²) in [6, 6.07) is 1.84. The third-order valence-electron chi connectivity index (χ3n) is 5.55. The smallest absolute Gasteiger partial charge is 0.228 e. The Morgan fingerprint density at radius 2 is 2.21 bits per heavy atom. The van der Waals surface area contributed by atoms with Crippen molar-refractivity contribution in [2.24, 2.45) is 0 Å². The number of likely N-dealkylation sites (tertiary alicyclic amines) is 1. The number of aryl methyl sites for hydroxylation is 2. The Morgan fingerprint density at radius 3 is 2.96 bits per heavy atom. The first kappa shape index (κ1) is 17.1. The SMILES string of the molecule is Cc1cc(-c2nnc3n2CC2(CCN(C(=O)Cc4nc[nH]c4C)C2)OC3)on1. The Labute approximate surface area is 160 Å².